The molecular weight excluding hydrogens is 263 g/mol. The van der Waals surface area contributed by atoms with Crippen LogP contribution in [0.1, 0.15) is 15.9 Å². The molecule has 0 aliphatic heterocycles. The Morgan fingerprint density at radius 1 is 1.41 bits per heavy atom. The number of aromatic amines is 1. The number of hydrogen-bond acceptors (Lipinski definition) is 3. The minimum atomic E-state index is -0.369. The second-order valence-electron chi connectivity index (χ2n) is 3.37. The smallest absolute Gasteiger partial charge is 0.258 e. The van der Waals surface area contributed by atoms with E-state index in [1.54, 1.807) is 6.20 Å². The van der Waals surface area contributed by atoms with Gasteiger partial charge in [0.1, 0.15) is 11.0 Å². The molecule has 2 rings (SSSR count). The third-order valence-corrected chi connectivity index (χ3v) is 2.64. The molecule has 2 aromatic rings. The molecule has 0 radical (unpaired) electrons. The maximum absolute atomic E-state index is 11.9. The number of aryl methyl sites for hydroxylation is 1. The van der Waals surface area contributed by atoms with E-state index < -0.39 is 0 Å². The number of hydrogen-bond donors (Lipinski definition) is 2. The largest absolute Gasteiger partial charge is 0.307 e. The second kappa shape index (κ2) is 4.73. The van der Waals surface area contributed by atoms with Crippen molar-refractivity contribution < 1.29 is 4.79 Å². The summed E-state index contributed by atoms with van der Waals surface area (Å²) in [6.07, 6.45) is 2.94. The van der Waals surface area contributed by atoms with Crippen LogP contribution in [0.5, 0.6) is 0 Å². The van der Waals surface area contributed by atoms with Crippen LogP contribution in [-0.2, 0) is 0 Å². The summed E-state index contributed by atoms with van der Waals surface area (Å²) in [6, 6.07) is 1.41. The van der Waals surface area contributed by atoms with Gasteiger partial charge in [0.15, 0.2) is 0 Å². The summed E-state index contributed by atoms with van der Waals surface area (Å²) >= 11 is 11.6. The van der Waals surface area contributed by atoms with Gasteiger partial charge in [0.2, 0.25) is 0 Å². The lowest BCUT2D eigenvalue weighted by atomic mass is 10.2. The zero-order valence-corrected chi connectivity index (χ0v) is 10.3. The summed E-state index contributed by atoms with van der Waals surface area (Å²) < 4.78 is 0. The molecule has 1 amide bonds. The van der Waals surface area contributed by atoms with Crippen LogP contribution in [-0.4, -0.2) is 21.1 Å². The Balaban J connectivity index is 2.26. The fourth-order valence-corrected chi connectivity index (χ4v) is 1.59. The quantitative estimate of drug-likeness (QED) is 0.825. The van der Waals surface area contributed by atoms with Crippen molar-refractivity contribution >= 4 is 34.9 Å². The van der Waals surface area contributed by atoms with Gasteiger partial charge in [-0.3, -0.25) is 9.89 Å². The van der Waals surface area contributed by atoms with Crippen molar-refractivity contribution in [3.63, 3.8) is 0 Å². The Hall–Kier alpha value is -1.59. The van der Waals surface area contributed by atoms with Gasteiger partial charge in [-0.1, -0.05) is 23.2 Å². The zero-order chi connectivity index (χ0) is 12.4. The summed E-state index contributed by atoms with van der Waals surface area (Å²) in [7, 11) is 0. The fraction of sp³-hybridized carbons (Fsp3) is 0.100. The van der Waals surface area contributed by atoms with Gasteiger partial charge in [-0.2, -0.15) is 5.10 Å². The Labute approximate surface area is 107 Å². The summed E-state index contributed by atoms with van der Waals surface area (Å²) in [5, 5.41) is 9.56. The van der Waals surface area contributed by atoms with Gasteiger partial charge in [-0.05, 0) is 13.0 Å². The third-order valence-electron chi connectivity index (χ3n) is 2.13. The standard InChI is InChI=1S/C10H8Cl2N4O/c1-5-3-14-16-9(5)15-10(17)6-2-8(12)13-4-7(6)11/h2-4H,1H3,(H2,14,15,16,17). The maximum atomic E-state index is 11.9. The Kier molecular flexibility index (Phi) is 3.31. The molecule has 2 aromatic heterocycles. The number of anilines is 1. The molecular formula is C10H8Cl2N4O. The van der Waals surface area contributed by atoms with E-state index in [2.05, 4.69) is 20.5 Å². The highest BCUT2D eigenvalue weighted by Crippen LogP contribution is 2.19. The SMILES string of the molecule is Cc1cn[nH]c1NC(=O)c1cc(Cl)ncc1Cl. The van der Waals surface area contributed by atoms with E-state index in [4.69, 9.17) is 23.2 Å². The second-order valence-corrected chi connectivity index (χ2v) is 4.16. The first-order valence-electron chi connectivity index (χ1n) is 4.70. The number of carbonyl (C=O) groups is 1. The summed E-state index contributed by atoms with van der Waals surface area (Å²) in [4.78, 5) is 15.7. The summed E-state index contributed by atoms with van der Waals surface area (Å²) in [5.74, 6) is 0.158. The van der Waals surface area contributed by atoms with Crippen molar-refractivity contribution in [2.24, 2.45) is 0 Å². The number of H-pyrrole nitrogens is 1. The highest BCUT2D eigenvalue weighted by Gasteiger charge is 2.13. The normalized spacial score (nSPS) is 10.3. The van der Waals surface area contributed by atoms with Gasteiger partial charge in [0.05, 0.1) is 16.8 Å². The number of carbonyl (C=O) groups excluding carboxylic acids is 1. The number of nitrogens with zero attached hydrogens (tertiary/aromatic N) is 2. The number of pyridine rings is 1. The maximum Gasteiger partial charge on any atom is 0.258 e. The van der Waals surface area contributed by atoms with Crippen molar-refractivity contribution in [2.45, 2.75) is 6.92 Å². The molecule has 7 heteroatoms. The Morgan fingerprint density at radius 3 is 2.82 bits per heavy atom. The van der Waals surface area contributed by atoms with Gasteiger partial charge in [0.25, 0.3) is 5.91 Å². The fourth-order valence-electron chi connectivity index (χ4n) is 1.24. The first-order chi connectivity index (χ1) is 8.08. The molecule has 2 heterocycles. The molecule has 0 aliphatic carbocycles. The van der Waals surface area contributed by atoms with E-state index in [0.717, 1.165) is 5.56 Å². The van der Waals surface area contributed by atoms with Gasteiger partial charge in [-0.15, -0.1) is 0 Å². The van der Waals surface area contributed by atoms with Gasteiger partial charge in [-0.25, -0.2) is 4.98 Å². The predicted octanol–water partition coefficient (Wildman–Crippen LogP) is 2.67. The van der Waals surface area contributed by atoms with E-state index in [-0.39, 0.29) is 21.6 Å². The van der Waals surface area contributed by atoms with E-state index in [1.807, 2.05) is 6.92 Å². The average Bonchev–Trinajstić information content (AvgIpc) is 2.68. The molecule has 0 unspecified atom stereocenters. The van der Waals surface area contributed by atoms with E-state index in [0.29, 0.717) is 5.82 Å². The van der Waals surface area contributed by atoms with E-state index in [1.165, 1.54) is 12.3 Å². The van der Waals surface area contributed by atoms with Gasteiger partial charge in [0, 0.05) is 11.8 Å². The molecule has 0 aromatic carbocycles. The molecule has 0 saturated heterocycles. The summed E-state index contributed by atoms with van der Waals surface area (Å²) in [5.41, 5.74) is 1.09. The molecule has 5 nitrogen and oxygen atoms in total. The van der Waals surface area contributed by atoms with Crippen LogP contribution in [0.2, 0.25) is 10.2 Å². The number of halogens is 2. The van der Waals surface area contributed by atoms with Crippen LogP contribution < -0.4 is 5.32 Å². The van der Waals surface area contributed by atoms with Crippen LogP contribution in [0.15, 0.2) is 18.5 Å². The van der Waals surface area contributed by atoms with Crippen LogP contribution in [0, 0.1) is 6.92 Å². The Morgan fingerprint density at radius 2 is 2.18 bits per heavy atom. The first-order valence-corrected chi connectivity index (χ1v) is 5.46. The van der Waals surface area contributed by atoms with E-state index >= 15 is 0 Å². The van der Waals surface area contributed by atoms with Gasteiger partial charge >= 0.3 is 0 Å². The van der Waals surface area contributed by atoms with E-state index in [9.17, 15) is 4.79 Å². The Bertz CT molecular complexity index is 567. The lowest BCUT2D eigenvalue weighted by Crippen LogP contribution is -2.13. The van der Waals surface area contributed by atoms with Crippen molar-refractivity contribution in [3.05, 3.63) is 39.8 Å². The molecule has 0 fully saturated rings. The number of aromatic nitrogens is 3. The van der Waals surface area contributed by atoms with Crippen molar-refractivity contribution in [2.75, 3.05) is 5.32 Å². The van der Waals surface area contributed by atoms with Crippen molar-refractivity contribution in [3.8, 4) is 0 Å². The van der Waals surface area contributed by atoms with Crippen molar-refractivity contribution in [1.82, 2.24) is 15.2 Å². The highest BCUT2D eigenvalue weighted by atomic mass is 35.5. The summed E-state index contributed by atoms with van der Waals surface area (Å²) in [6.45, 7) is 1.82. The third kappa shape index (κ3) is 2.57. The molecule has 2 N–H and O–H groups in total. The molecule has 0 saturated carbocycles. The first kappa shape index (κ1) is 11.9. The predicted molar refractivity (Wildman–Crippen MR) is 65.5 cm³/mol. The molecule has 17 heavy (non-hydrogen) atoms. The minimum absolute atomic E-state index is 0.209. The zero-order valence-electron chi connectivity index (χ0n) is 8.79. The van der Waals surface area contributed by atoms with Crippen LogP contribution in [0.25, 0.3) is 0 Å². The van der Waals surface area contributed by atoms with Crippen LogP contribution >= 0.6 is 23.2 Å². The lowest BCUT2D eigenvalue weighted by Gasteiger charge is -2.05. The molecule has 0 aliphatic rings. The number of amides is 1. The molecule has 0 spiro atoms. The van der Waals surface area contributed by atoms with Crippen LogP contribution in [0.3, 0.4) is 0 Å². The van der Waals surface area contributed by atoms with Gasteiger partial charge < -0.3 is 5.32 Å². The topological polar surface area (TPSA) is 70.7 Å². The monoisotopic (exact) mass is 270 g/mol. The van der Waals surface area contributed by atoms with Crippen molar-refractivity contribution in [1.29, 1.82) is 0 Å². The minimum Gasteiger partial charge on any atom is -0.307 e. The number of rotatable bonds is 2. The molecule has 88 valence electrons. The highest BCUT2D eigenvalue weighted by molar-refractivity contribution is 6.35. The number of nitrogens with one attached hydrogen (secondary N) is 2. The van der Waals surface area contributed by atoms with Crippen LogP contribution in [0.4, 0.5) is 5.82 Å². The molecule has 0 bridgehead atoms. The lowest BCUT2D eigenvalue weighted by molar-refractivity contribution is 0.102. The average molecular weight is 271 g/mol. The molecule has 0 atom stereocenters.